The van der Waals surface area contributed by atoms with Crippen molar-refractivity contribution in [3.63, 3.8) is 0 Å². The lowest BCUT2D eigenvalue weighted by Gasteiger charge is -2.25. The van der Waals surface area contributed by atoms with Crippen LogP contribution in [-0.4, -0.2) is 74.9 Å². The van der Waals surface area contributed by atoms with Gasteiger partial charge >= 0.3 is 5.97 Å². The average Bonchev–Trinajstić information content (AvgIpc) is 2.94. The third kappa shape index (κ3) is 6.24. The Morgan fingerprint density at radius 1 is 1.08 bits per heavy atom. The van der Waals surface area contributed by atoms with Crippen LogP contribution in [0.25, 0.3) is 0 Å². The number of carboxylic acids is 1. The van der Waals surface area contributed by atoms with Crippen molar-refractivity contribution in [1.82, 2.24) is 10.6 Å². The van der Waals surface area contributed by atoms with Gasteiger partial charge in [0.25, 0.3) is 11.8 Å². The summed E-state index contributed by atoms with van der Waals surface area (Å²) in [5.41, 5.74) is 0.431. The number of rotatable bonds is 9. The van der Waals surface area contributed by atoms with E-state index in [9.17, 15) is 32.4 Å². The highest BCUT2D eigenvalue weighted by Gasteiger charge is 2.38. The number of amides is 3. The summed E-state index contributed by atoms with van der Waals surface area (Å²) in [6.45, 7) is -1.09. The van der Waals surface area contributed by atoms with Crippen LogP contribution in [0.15, 0.2) is 54.6 Å². The molecular weight excluding hydrogens is 492 g/mol. The van der Waals surface area contributed by atoms with Crippen molar-refractivity contribution in [3.8, 4) is 0 Å². The van der Waals surface area contributed by atoms with Gasteiger partial charge in [0, 0.05) is 5.56 Å². The van der Waals surface area contributed by atoms with Crippen LogP contribution in [-0.2, 0) is 29.2 Å². The van der Waals surface area contributed by atoms with Crippen LogP contribution in [0.3, 0.4) is 0 Å². The van der Waals surface area contributed by atoms with E-state index in [4.69, 9.17) is 5.11 Å². The summed E-state index contributed by atoms with van der Waals surface area (Å²) in [6, 6.07) is 11.3. The van der Waals surface area contributed by atoms with E-state index in [1.165, 1.54) is 24.3 Å². The lowest BCUT2D eigenvalue weighted by atomic mass is 10.1. The van der Waals surface area contributed by atoms with Gasteiger partial charge in [0.05, 0.1) is 36.6 Å². The Morgan fingerprint density at radius 2 is 1.69 bits per heavy atom. The van der Waals surface area contributed by atoms with Crippen LogP contribution >= 0.6 is 0 Å². The molecule has 0 saturated heterocycles. The van der Waals surface area contributed by atoms with Gasteiger partial charge in [-0.2, -0.15) is 0 Å². The van der Waals surface area contributed by atoms with Crippen molar-refractivity contribution in [3.05, 3.63) is 60.2 Å². The molecule has 2 atom stereocenters. The lowest BCUT2D eigenvalue weighted by molar-refractivity contribution is -0.138. The van der Waals surface area contributed by atoms with Crippen LogP contribution in [0.1, 0.15) is 16.8 Å². The predicted molar refractivity (Wildman–Crippen MR) is 129 cm³/mol. The maximum absolute atomic E-state index is 13.6. The molecule has 13 heteroatoms. The molecule has 0 bridgehead atoms. The molecule has 0 fully saturated rings. The van der Waals surface area contributed by atoms with Crippen molar-refractivity contribution >= 4 is 51.4 Å². The van der Waals surface area contributed by atoms with Crippen molar-refractivity contribution < 1.29 is 37.5 Å². The second kappa shape index (κ2) is 11.0. The molecule has 3 N–H and O–H groups in total. The number of carbonyl (C=O) groups is 5. The molecular formula is C23H24N4O8S. The second-order valence-corrected chi connectivity index (χ2v) is 9.91. The monoisotopic (exact) mass is 516 g/mol. The molecule has 2 aromatic carbocycles. The second-order valence-electron chi connectivity index (χ2n) is 8.01. The highest BCUT2D eigenvalue weighted by Crippen LogP contribution is 2.34. The molecule has 1 aliphatic rings. The SMILES string of the molecule is CS(=O)(=O)N1CC(NC(=O)c2ccccc2)C(=O)N(CC(=O)N[C@H](C=O)CC(=O)O)c2ccccc21. The van der Waals surface area contributed by atoms with Crippen molar-refractivity contribution in [1.29, 1.82) is 0 Å². The standard InChI is InChI=1S/C23H24N4O8S/c1-36(34,35)27-12-17(25-22(32)15-7-3-2-4-8-15)23(33)26(18-9-5-6-10-19(18)27)13-20(29)24-16(14-28)11-21(30)31/h2-10,14,16-17H,11-13H2,1H3,(H,24,29)(H,25,32)(H,30,31)/t16-,17?/m0/s1. The minimum Gasteiger partial charge on any atom is -0.481 e. The van der Waals surface area contributed by atoms with Crippen LogP contribution in [0, 0.1) is 0 Å². The third-order valence-corrected chi connectivity index (χ3v) is 6.45. The normalized spacial score (nSPS) is 16.4. The van der Waals surface area contributed by atoms with E-state index in [0.717, 1.165) is 15.5 Å². The number of carbonyl (C=O) groups excluding carboxylic acids is 4. The summed E-state index contributed by atoms with van der Waals surface area (Å²) in [5.74, 6) is -3.55. The fourth-order valence-corrected chi connectivity index (χ4v) is 4.62. The molecule has 3 rings (SSSR count). The number of nitrogens with one attached hydrogen (secondary N) is 2. The van der Waals surface area contributed by atoms with Gasteiger partial charge in [-0.05, 0) is 24.3 Å². The Hall–Kier alpha value is -4.26. The van der Waals surface area contributed by atoms with Gasteiger partial charge in [-0.1, -0.05) is 30.3 Å². The Morgan fingerprint density at radius 3 is 2.28 bits per heavy atom. The van der Waals surface area contributed by atoms with Gasteiger partial charge in [-0.25, -0.2) is 8.42 Å². The van der Waals surface area contributed by atoms with E-state index in [2.05, 4.69) is 10.6 Å². The Kier molecular flexibility index (Phi) is 8.04. The Balaban J connectivity index is 1.98. The largest absolute Gasteiger partial charge is 0.481 e. The molecule has 2 aromatic rings. The van der Waals surface area contributed by atoms with Gasteiger partial charge in [0.2, 0.25) is 15.9 Å². The fourth-order valence-electron chi connectivity index (χ4n) is 3.69. The van der Waals surface area contributed by atoms with Gasteiger partial charge in [-0.15, -0.1) is 0 Å². The van der Waals surface area contributed by atoms with Crippen molar-refractivity contribution in [2.24, 2.45) is 0 Å². The van der Waals surface area contributed by atoms with Crippen LogP contribution in [0.5, 0.6) is 0 Å². The molecule has 3 amide bonds. The van der Waals surface area contributed by atoms with E-state index >= 15 is 0 Å². The van der Waals surface area contributed by atoms with E-state index in [-0.39, 0.29) is 23.2 Å². The van der Waals surface area contributed by atoms with Gasteiger partial charge < -0.3 is 20.5 Å². The summed E-state index contributed by atoms with van der Waals surface area (Å²) in [7, 11) is -3.92. The number of sulfonamides is 1. The Bertz CT molecular complexity index is 1280. The molecule has 1 heterocycles. The molecule has 190 valence electrons. The molecule has 12 nitrogen and oxygen atoms in total. The summed E-state index contributed by atoms with van der Waals surface area (Å²) in [6.07, 6.45) is 0.559. The number of fused-ring (bicyclic) bond motifs is 1. The molecule has 0 saturated carbocycles. The molecule has 1 unspecified atom stereocenters. The number of hydrogen-bond donors (Lipinski definition) is 3. The predicted octanol–water partition coefficient (Wildman–Crippen LogP) is -0.244. The zero-order valence-corrected chi connectivity index (χ0v) is 20.0. The van der Waals surface area contributed by atoms with Crippen molar-refractivity contribution in [2.75, 3.05) is 28.6 Å². The first-order chi connectivity index (χ1) is 17.0. The summed E-state index contributed by atoms with van der Waals surface area (Å²) in [5, 5.41) is 13.7. The summed E-state index contributed by atoms with van der Waals surface area (Å²) >= 11 is 0. The number of benzene rings is 2. The number of nitrogens with zero attached hydrogens (tertiary/aromatic N) is 2. The number of hydrogen-bond acceptors (Lipinski definition) is 7. The number of aldehydes is 1. The number of carboxylic acid groups (broad SMARTS) is 1. The molecule has 0 radical (unpaired) electrons. The zero-order chi connectivity index (χ0) is 26.5. The molecule has 0 spiro atoms. The lowest BCUT2D eigenvalue weighted by Crippen LogP contribution is -2.54. The Labute approximate surface area is 206 Å². The number of aliphatic carboxylic acids is 1. The minimum absolute atomic E-state index is 0.0837. The van der Waals surface area contributed by atoms with Gasteiger partial charge in [0.1, 0.15) is 18.9 Å². The minimum atomic E-state index is -3.92. The fraction of sp³-hybridized carbons (Fsp3) is 0.261. The molecule has 0 aromatic heterocycles. The molecule has 1 aliphatic heterocycles. The number of anilines is 2. The highest BCUT2D eigenvalue weighted by atomic mass is 32.2. The molecule has 36 heavy (non-hydrogen) atoms. The third-order valence-electron chi connectivity index (χ3n) is 5.30. The van der Waals surface area contributed by atoms with E-state index in [1.807, 2.05) is 0 Å². The quantitative estimate of drug-likeness (QED) is 0.383. The average molecular weight is 517 g/mol. The van der Waals surface area contributed by atoms with Gasteiger partial charge in [0.15, 0.2) is 0 Å². The maximum atomic E-state index is 13.6. The molecule has 0 aliphatic carbocycles. The first-order valence-corrected chi connectivity index (χ1v) is 12.6. The number of para-hydroxylation sites is 2. The topological polar surface area (TPSA) is 170 Å². The highest BCUT2D eigenvalue weighted by molar-refractivity contribution is 7.92. The van der Waals surface area contributed by atoms with Gasteiger partial charge in [-0.3, -0.25) is 28.4 Å². The first kappa shape index (κ1) is 26.3. The summed E-state index contributed by atoms with van der Waals surface area (Å²) < 4.78 is 26.2. The van der Waals surface area contributed by atoms with E-state index in [0.29, 0.717) is 0 Å². The zero-order valence-electron chi connectivity index (χ0n) is 19.2. The summed E-state index contributed by atoms with van der Waals surface area (Å²) in [4.78, 5) is 62.1. The van der Waals surface area contributed by atoms with Crippen molar-refractivity contribution in [2.45, 2.75) is 18.5 Å². The van der Waals surface area contributed by atoms with Crippen LogP contribution in [0.4, 0.5) is 11.4 Å². The first-order valence-electron chi connectivity index (χ1n) is 10.7. The van der Waals surface area contributed by atoms with Crippen LogP contribution in [0.2, 0.25) is 0 Å². The smallest absolute Gasteiger partial charge is 0.305 e. The van der Waals surface area contributed by atoms with E-state index in [1.54, 1.807) is 30.3 Å². The van der Waals surface area contributed by atoms with E-state index < -0.39 is 65.3 Å². The van der Waals surface area contributed by atoms with Crippen LogP contribution < -0.4 is 19.8 Å². The maximum Gasteiger partial charge on any atom is 0.305 e.